The lowest BCUT2D eigenvalue weighted by atomic mass is 10.1. The van der Waals surface area contributed by atoms with E-state index in [1.165, 1.54) is 19.2 Å². The van der Waals surface area contributed by atoms with Crippen LogP contribution in [-0.4, -0.2) is 44.2 Å². The summed E-state index contributed by atoms with van der Waals surface area (Å²) in [5, 5.41) is 0. The number of carbonyl (C=O) groups excluding carboxylic acids is 1. The number of benzene rings is 1. The summed E-state index contributed by atoms with van der Waals surface area (Å²) in [6, 6.07) is 4.34. The van der Waals surface area contributed by atoms with Crippen LogP contribution in [-0.2, 0) is 4.74 Å². The van der Waals surface area contributed by atoms with Crippen LogP contribution in [0.2, 0.25) is 0 Å². The van der Waals surface area contributed by atoms with Gasteiger partial charge in [0.2, 0.25) is 0 Å². The summed E-state index contributed by atoms with van der Waals surface area (Å²) >= 11 is 0. The Hall–Kier alpha value is -1.75. The van der Waals surface area contributed by atoms with E-state index in [-0.39, 0.29) is 18.0 Å². The molecule has 1 saturated heterocycles. The molecule has 21 heavy (non-hydrogen) atoms. The molecule has 0 aromatic heterocycles. The fourth-order valence-corrected chi connectivity index (χ4v) is 2.33. The van der Waals surface area contributed by atoms with E-state index in [0.717, 1.165) is 31.9 Å². The smallest absolute Gasteiger partial charge is 0.338 e. The fourth-order valence-electron chi connectivity index (χ4n) is 2.33. The number of anilines is 1. The van der Waals surface area contributed by atoms with E-state index < -0.39 is 11.8 Å². The van der Waals surface area contributed by atoms with Crippen LogP contribution in [0.1, 0.15) is 17.3 Å². The molecule has 116 valence electrons. The zero-order valence-corrected chi connectivity index (χ0v) is 13.0. The third-order valence-electron chi connectivity index (χ3n) is 3.34. The first-order valence-electron chi connectivity index (χ1n) is 6.64. The Morgan fingerprint density at radius 1 is 1.24 bits per heavy atom. The molecule has 1 aromatic rings. The number of methoxy groups -OCH3 is 1. The van der Waals surface area contributed by atoms with Crippen molar-refractivity contribution in [1.82, 2.24) is 4.90 Å². The van der Waals surface area contributed by atoms with Crippen molar-refractivity contribution in [2.45, 2.75) is 6.92 Å². The number of hydrogen-bond donors (Lipinski definition) is 0. The molecule has 1 aromatic carbocycles. The molecule has 0 aliphatic carbocycles. The molecule has 0 saturated carbocycles. The SMILES string of the molecule is C/C=C/N1CCN(c2cc(F)cc(C(=O)OC)c2)CC1.Cl. The predicted molar refractivity (Wildman–Crippen MR) is 83.6 cm³/mol. The number of carbonyl (C=O) groups is 1. The molecule has 1 aliphatic rings. The summed E-state index contributed by atoms with van der Waals surface area (Å²) in [5.41, 5.74) is 0.976. The number of piperazine rings is 1. The van der Waals surface area contributed by atoms with E-state index >= 15 is 0 Å². The van der Waals surface area contributed by atoms with Crippen LogP contribution in [0.5, 0.6) is 0 Å². The first-order valence-corrected chi connectivity index (χ1v) is 6.64. The van der Waals surface area contributed by atoms with E-state index in [4.69, 9.17) is 0 Å². The van der Waals surface area contributed by atoms with Gasteiger partial charge in [-0.05, 0) is 31.3 Å². The average Bonchev–Trinajstić information content (AvgIpc) is 2.47. The van der Waals surface area contributed by atoms with Crippen LogP contribution in [0.3, 0.4) is 0 Å². The highest BCUT2D eigenvalue weighted by Gasteiger charge is 2.17. The molecular weight excluding hydrogens is 295 g/mol. The normalized spacial score (nSPS) is 15.0. The molecule has 1 aliphatic heterocycles. The Morgan fingerprint density at radius 2 is 1.90 bits per heavy atom. The zero-order chi connectivity index (χ0) is 14.5. The molecule has 0 spiro atoms. The number of ether oxygens (including phenoxy) is 1. The molecule has 2 rings (SSSR count). The van der Waals surface area contributed by atoms with Gasteiger partial charge in [0.15, 0.2) is 0 Å². The summed E-state index contributed by atoms with van der Waals surface area (Å²) in [4.78, 5) is 15.8. The summed E-state index contributed by atoms with van der Waals surface area (Å²) in [7, 11) is 1.29. The van der Waals surface area contributed by atoms with E-state index in [1.54, 1.807) is 6.07 Å². The van der Waals surface area contributed by atoms with Gasteiger partial charge in [-0.1, -0.05) is 6.08 Å². The minimum atomic E-state index is -0.515. The molecule has 0 radical (unpaired) electrons. The van der Waals surface area contributed by atoms with Gasteiger partial charge < -0.3 is 14.5 Å². The summed E-state index contributed by atoms with van der Waals surface area (Å²) in [5.74, 6) is -0.933. The van der Waals surface area contributed by atoms with E-state index in [1.807, 2.05) is 13.0 Å². The van der Waals surface area contributed by atoms with Crippen LogP contribution in [0, 0.1) is 5.82 Å². The van der Waals surface area contributed by atoms with Crippen molar-refractivity contribution in [3.63, 3.8) is 0 Å². The van der Waals surface area contributed by atoms with Crippen molar-refractivity contribution in [2.75, 3.05) is 38.2 Å². The van der Waals surface area contributed by atoms with Crippen LogP contribution in [0.4, 0.5) is 10.1 Å². The lowest BCUT2D eigenvalue weighted by Crippen LogP contribution is -2.44. The minimum Gasteiger partial charge on any atom is -0.465 e. The van der Waals surface area contributed by atoms with Crippen molar-refractivity contribution in [2.24, 2.45) is 0 Å². The van der Waals surface area contributed by atoms with Crippen LogP contribution in [0.15, 0.2) is 30.5 Å². The largest absolute Gasteiger partial charge is 0.465 e. The van der Waals surface area contributed by atoms with Crippen molar-refractivity contribution in [3.05, 3.63) is 41.9 Å². The van der Waals surface area contributed by atoms with Gasteiger partial charge in [-0.2, -0.15) is 0 Å². The molecule has 4 nitrogen and oxygen atoms in total. The fraction of sp³-hybridized carbons (Fsp3) is 0.400. The monoisotopic (exact) mass is 314 g/mol. The van der Waals surface area contributed by atoms with Crippen molar-refractivity contribution < 1.29 is 13.9 Å². The van der Waals surface area contributed by atoms with Gasteiger partial charge >= 0.3 is 5.97 Å². The third-order valence-corrected chi connectivity index (χ3v) is 3.34. The maximum absolute atomic E-state index is 13.6. The van der Waals surface area contributed by atoms with Gasteiger partial charge in [0, 0.05) is 31.9 Å². The van der Waals surface area contributed by atoms with Crippen molar-refractivity contribution in [1.29, 1.82) is 0 Å². The average molecular weight is 315 g/mol. The zero-order valence-electron chi connectivity index (χ0n) is 12.2. The van der Waals surface area contributed by atoms with E-state index in [9.17, 15) is 9.18 Å². The first kappa shape index (κ1) is 17.3. The first-order chi connectivity index (χ1) is 9.63. The molecule has 1 fully saturated rings. The van der Waals surface area contributed by atoms with Crippen molar-refractivity contribution in [3.8, 4) is 0 Å². The van der Waals surface area contributed by atoms with Crippen LogP contribution >= 0.6 is 12.4 Å². The molecule has 0 N–H and O–H groups in total. The number of nitrogens with zero attached hydrogens (tertiary/aromatic N) is 2. The van der Waals surface area contributed by atoms with Gasteiger partial charge in [-0.3, -0.25) is 0 Å². The maximum Gasteiger partial charge on any atom is 0.338 e. The summed E-state index contributed by atoms with van der Waals surface area (Å²) < 4.78 is 18.3. The Balaban J connectivity index is 0.00000220. The predicted octanol–water partition coefficient (Wildman–Crippen LogP) is 2.69. The van der Waals surface area contributed by atoms with Crippen LogP contribution in [0.25, 0.3) is 0 Å². The Bertz CT molecular complexity index is 514. The standard InChI is InChI=1S/C15H19FN2O2.ClH/c1-3-4-17-5-7-18(8-6-17)14-10-12(15(19)20-2)9-13(16)11-14;/h3-4,9-11H,5-8H2,1-2H3;1H/b4-3+;. The molecule has 0 atom stereocenters. The van der Waals surface area contributed by atoms with Crippen molar-refractivity contribution >= 4 is 24.1 Å². The second kappa shape index (κ2) is 7.88. The highest BCUT2D eigenvalue weighted by molar-refractivity contribution is 5.90. The molecule has 0 bridgehead atoms. The number of hydrogen-bond acceptors (Lipinski definition) is 4. The molecular formula is C15H20ClFN2O2. The number of allylic oxidation sites excluding steroid dienone is 1. The second-order valence-corrected chi connectivity index (χ2v) is 4.70. The Morgan fingerprint density at radius 3 is 2.48 bits per heavy atom. The highest BCUT2D eigenvalue weighted by atomic mass is 35.5. The molecule has 6 heteroatoms. The van der Waals surface area contributed by atoms with E-state index in [0.29, 0.717) is 0 Å². The number of rotatable bonds is 3. The Kier molecular flexibility index (Phi) is 6.49. The molecule has 0 amide bonds. The van der Waals surface area contributed by atoms with Crippen LogP contribution < -0.4 is 4.90 Å². The van der Waals surface area contributed by atoms with Gasteiger partial charge in [-0.15, -0.1) is 12.4 Å². The lowest BCUT2D eigenvalue weighted by Gasteiger charge is -2.35. The van der Waals surface area contributed by atoms with Gasteiger partial charge in [0.1, 0.15) is 5.82 Å². The van der Waals surface area contributed by atoms with E-state index in [2.05, 4.69) is 20.7 Å². The quantitative estimate of drug-likeness (QED) is 0.803. The Labute approximate surface area is 130 Å². The van der Waals surface area contributed by atoms with Gasteiger partial charge in [0.05, 0.1) is 12.7 Å². The maximum atomic E-state index is 13.6. The topological polar surface area (TPSA) is 32.8 Å². The summed E-state index contributed by atoms with van der Waals surface area (Å²) in [6.07, 6.45) is 4.07. The highest BCUT2D eigenvalue weighted by Crippen LogP contribution is 2.21. The third kappa shape index (κ3) is 4.36. The number of esters is 1. The molecule has 1 heterocycles. The van der Waals surface area contributed by atoms with Gasteiger partial charge in [0.25, 0.3) is 0 Å². The lowest BCUT2D eigenvalue weighted by molar-refractivity contribution is 0.0600. The molecule has 0 unspecified atom stereocenters. The summed E-state index contributed by atoms with van der Waals surface area (Å²) in [6.45, 7) is 5.35. The second-order valence-electron chi connectivity index (χ2n) is 4.70. The minimum absolute atomic E-state index is 0. The van der Waals surface area contributed by atoms with Gasteiger partial charge in [-0.25, -0.2) is 9.18 Å². The number of halogens is 2.